The highest BCUT2D eigenvalue weighted by Gasteiger charge is 2.15. The third kappa shape index (κ3) is 4.89. The number of hydrogen-bond donors (Lipinski definition) is 2. The summed E-state index contributed by atoms with van der Waals surface area (Å²) < 4.78 is 0. The Bertz CT molecular complexity index is 699. The van der Waals surface area contributed by atoms with Crippen molar-refractivity contribution >= 4 is 29.3 Å². The molecule has 0 spiro atoms. The van der Waals surface area contributed by atoms with Gasteiger partial charge in [0.05, 0.1) is 0 Å². The number of rotatable bonds is 5. The second-order valence-corrected chi connectivity index (χ2v) is 6.95. The van der Waals surface area contributed by atoms with Gasteiger partial charge in [-0.3, -0.25) is 0 Å². The van der Waals surface area contributed by atoms with Gasteiger partial charge in [0.25, 0.3) is 0 Å². The molecule has 1 aliphatic rings. The highest BCUT2D eigenvalue weighted by molar-refractivity contribution is 7.98. The van der Waals surface area contributed by atoms with E-state index >= 15 is 0 Å². The molecule has 0 unspecified atom stereocenters. The Hall–Kier alpha value is -2.21. The zero-order valence-corrected chi connectivity index (χ0v) is 15.3. The molecule has 2 heterocycles. The lowest BCUT2D eigenvalue weighted by Gasteiger charge is -2.29. The smallest absolute Gasteiger partial charge is 0.319 e. The Morgan fingerprint density at radius 3 is 2.64 bits per heavy atom. The van der Waals surface area contributed by atoms with Gasteiger partial charge in [0.2, 0.25) is 0 Å². The van der Waals surface area contributed by atoms with Crippen LogP contribution < -0.4 is 15.5 Å². The minimum absolute atomic E-state index is 0.203. The van der Waals surface area contributed by atoms with Crippen LogP contribution >= 0.6 is 11.8 Å². The van der Waals surface area contributed by atoms with Crippen molar-refractivity contribution in [3.05, 3.63) is 48.2 Å². The molecule has 2 aromatic rings. The molecule has 0 radical (unpaired) electrons. The van der Waals surface area contributed by atoms with Crippen molar-refractivity contribution in [2.75, 3.05) is 29.6 Å². The Morgan fingerprint density at radius 1 is 1.16 bits per heavy atom. The maximum Gasteiger partial charge on any atom is 0.319 e. The van der Waals surface area contributed by atoms with Gasteiger partial charge in [0, 0.05) is 42.0 Å². The van der Waals surface area contributed by atoms with E-state index in [4.69, 9.17) is 0 Å². The molecular weight excluding hydrogens is 332 g/mol. The fourth-order valence-corrected chi connectivity index (χ4v) is 3.39. The number of pyridine rings is 1. The second kappa shape index (κ2) is 8.76. The van der Waals surface area contributed by atoms with Gasteiger partial charge >= 0.3 is 6.03 Å². The van der Waals surface area contributed by atoms with Gasteiger partial charge in [-0.1, -0.05) is 6.07 Å². The van der Waals surface area contributed by atoms with Crippen LogP contribution in [-0.2, 0) is 6.54 Å². The van der Waals surface area contributed by atoms with E-state index in [1.165, 1.54) is 24.2 Å². The fourth-order valence-electron chi connectivity index (χ4n) is 2.98. The van der Waals surface area contributed by atoms with Crippen molar-refractivity contribution in [1.29, 1.82) is 0 Å². The summed E-state index contributed by atoms with van der Waals surface area (Å²) in [4.78, 5) is 20.2. The number of piperidine rings is 1. The SMILES string of the molecule is CSc1ccc(NC(=O)NCc2cccnc2N2CCCCC2)cc1. The summed E-state index contributed by atoms with van der Waals surface area (Å²) in [5.74, 6) is 0.992. The van der Waals surface area contributed by atoms with E-state index in [1.54, 1.807) is 11.8 Å². The lowest BCUT2D eigenvalue weighted by Crippen LogP contribution is -2.33. The van der Waals surface area contributed by atoms with Gasteiger partial charge in [-0.2, -0.15) is 0 Å². The van der Waals surface area contributed by atoms with E-state index in [-0.39, 0.29) is 6.03 Å². The molecule has 0 saturated carbocycles. The molecule has 2 amide bonds. The molecule has 1 aromatic heterocycles. The molecule has 1 fully saturated rings. The van der Waals surface area contributed by atoms with Crippen molar-refractivity contribution in [1.82, 2.24) is 10.3 Å². The number of anilines is 2. The summed E-state index contributed by atoms with van der Waals surface area (Å²) in [6, 6.07) is 11.6. The van der Waals surface area contributed by atoms with Crippen molar-refractivity contribution in [2.24, 2.45) is 0 Å². The van der Waals surface area contributed by atoms with Gasteiger partial charge < -0.3 is 15.5 Å². The van der Waals surface area contributed by atoms with Crippen molar-refractivity contribution in [3.8, 4) is 0 Å². The first-order valence-electron chi connectivity index (χ1n) is 8.64. The Balaban J connectivity index is 1.58. The third-order valence-corrected chi connectivity index (χ3v) is 5.05. The summed E-state index contributed by atoms with van der Waals surface area (Å²) in [5, 5.41) is 5.80. The summed E-state index contributed by atoms with van der Waals surface area (Å²) in [6.45, 7) is 2.55. The minimum Gasteiger partial charge on any atom is -0.356 e. The normalized spacial score (nSPS) is 14.2. The quantitative estimate of drug-likeness (QED) is 0.792. The van der Waals surface area contributed by atoms with E-state index < -0.39 is 0 Å². The van der Waals surface area contributed by atoms with E-state index in [0.29, 0.717) is 6.54 Å². The molecule has 1 aromatic carbocycles. The standard InChI is InChI=1S/C19H24N4OS/c1-25-17-9-7-16(8-10-17)22-19(24)21-14-15-6-5-11-20-18(15)23-12-3-2-4-13-23/h5-11H,2-4,12-14H2,1H3,(H2,21,22,24). The Kier molecular flexibility index (Phi) is 6.17. The molecule has 0 bridgehead atoms. The predicted octanol–water partition coefficient (Wildman–Crippen LogP) is 4.12. The molecule has 0 atom stereocenters. The fraction of sp³-hybridized carbons (Fsp3) is 0.368. The largest absolute Gasteiger partial charge is 0.356 e. The Morgan fingerprint density at radius 2 is 1.92 bits per heavy atom. The van der Waals surface area contributed by atoms with Crippen LogP contribution in [0.15, 0.2) is 47.5 Å². The highest BCUT2D eigenvalue weighted by Crippen LogP contribution is 2.21. The molecule has 1 aliphatic heterocycles. The minimum atomic E-state index is -0.203. The molecule has 3 rings (SSSR count). The summed E-state index contributed by atoms with van der Waals surface area (Å²) in [5.41, 5.74) is 1.84. The number of hydrogen-bond acceptors (Lipinski definition) is 4. The molecule has 5 nitrogen and oxygen atoms in total. The second-order valence-electron chi connectivity index (χ2n) is 6.07. The van der Waals surface area contributed by atoms with E-state index in [2.05, 4.69) is 20.5 Å². The lowest BCUT2D eigenvalue weighted by atomic mass is 10.1. The van der Waals surface area contributed by atoms with Crippen molar-refractivity contribution in [2.45, 2.75) is 30.7 Å². The summed E-state index contributed by atoms with van der Waals surface area (Å²) in [6.07, 6.45) is 7.55. The third-order valence-electron chi connectivity index (χ3n) is 4.31. The first-order chi connectivity index (χ1) is 12.3. The van der Waals surface area contributed by atoms with Crippen molar-refractivity contribution in [3.63, 3.8) is 0 Å². The van der Waals surface area contributed by atoms with Crippen LogP contribution in [0.25, 0.3) is 0 Å². The average Bonchev–Trinajstić information content (AvgIpc) is 2.68. The van der Waals surface area contributed by atoms with E-state index in [9.17, 15) is 4.79 Å². The number of aromatic nitrogens is 1. The first kappa shape index (κ1) is 17.6. The average molecular weight is 356 g/mol. The van der Waals surface area contributed by atoms with Crippen LogP contribution in [0.5, 0.6) is 0 Å². The maximum atomic E-state index is 12.2. The molecule has 6 heteroatoms. The number of thioether (sulfide) groups is 1. The molecule has 0 aliphatic carbocycles. The van der Waals surface area contributed by atoms with E-state index in [1.807, 2.05) is 48.9 Å². The van der Waals surface area contributed by atoms with Crippen LogP contribution in [0.2, 0.25) is 0 Å². The van der Waals surface area contributed by atoms with Gasteiger partial charge in [-0.05, 0) is 55.9 Å². The zero-order chi connectivity index (χ0) is 17.5. The first-order valence-corrected chi connectivity index (χ1v) is 9.86. The maximum absolute atomic E-state index is 12.2. The highest BCUT2D eigenvalue weighted by atomic mass is 32.2. The molecule has 1 saturated heterocycles. The van der Waals surface area contributed by atoms with Crippen LogP contribution in [0.3, 0.4) is 0 Å². The van der Waals surface area contributed by atoms with Crippen LogP contribution in [0.1, 0.15) is 24.8 Å². The van der Waals surface area contributed by atoms with Gasteiger partial charge in [0.15, 0.2) is 0 Å². The van der Waals surface area contributed by atoms with Gasteiger partial charge in [-0.15, -0.1) is 11.8 Å². The number of carbonyl (C=O) groups is 1. The zero-order valence-electron chi connectivity index (χ0n) is 14.5. The molecular formula is C19H24N4OS. The molecule has 25 heavy (non-hydrogen) atoms. The molecule has 2 N–H and O–H groups in total. The predicted molar refractivity (Wildman–Crippen MR) is 104 cm³/mol. The summed E-state index contributed by atoms with van der Waals surface area (Å²) in [7, 11) is 0. The van der Waals surface area contributed by atoms with E-state index in [0.717, 1.165) is 30.2 Å². The topological polar surface area (TPSA) is 57.3 Å². The van der Waals surface area contributed by atoms with Crippen LogP contribution in [0, 0.1) is 0 Å². The summed E-state index contributed by atoms with van der Waals surface area (Å²) >= 11 is 1.68. The number of nitrogens with zero attached hydrogens (tertiary/aromatic N) is 2. The monoisotopic (exact) mass is 356 g/mol. The number of benzene rings is 1. The van der Waals surface area contributed by atoms with Crippen molar-refractivity contribution < 1.29 is 4.79 Å². The number of urea groups is 1. The number of carbonyl (C=O) groups excluding carboxylic acids is 1. The number of amides is 2. The van der Waals surface area contributed by atoms with Gasteiger partial charge in [0.1, 0.15) is 5.82 Å². The van der Waals surface area contributed by atoms with Crippen LogP contribution in [0.4, 0.5) is 16.3 Å². The number of nitrogens with one attached hydrogen (secondary N) is 2. The van der Waals surface area contributed by atoms with Gasteiger partial charge in [-0.25, -0.2) is 9.78 Å². The van der Waals surface area contributed by atoms with Crippen LogP contribution in [-0.4, -0.2) is 30.4 Å². The lowest BCUT2D eigenvalue weighted by molar-refractivity contribution is 0.251. The molecule has 132 valence electrons. The Labute approximate surface area is 153 Å².